The van der Waals surface area contributed by atoms with Gasteiger partial charge in [-0.25, -0.2) is 8.78 Å². The number of hydrogen-bond donors (Lipinski definition) is 0. The lowest BCUT2D eigenvalue weighted by atomic mass is 10.0. The molecule has 0 N–H and O–H groups in total. The van der Waals surface area contributed by atoms with Gasteiger partial charge in [-0.05, 0) is 24.0 Å². The van der Waals surface area contributed by atoms with Crippen LogP contribution in [0.5, 0.6) is 0 Å². The largest absolute Gasteiger partial charge is 0.302 e. The molecule has 1 aromatic heterocycles. The summed E-state index contributed by atoms with van der Waals surface area (Å²) in [4.78, 5) is 2.52. The van der Waals surface area contributed by atoms with Crippen LogP contribution < -0.4 is 0 Å². The highest BCUT2D eigenvalue weighted by Gasteiger charge is 2.76. The Morgan fingerprint density at radius 2 is 1.96 bits per heavy atom. The molecule has 6 rings (SSSR count). The second kappa shape index (κ2) is 5.25. The quantitative estimate of drug-likeness (QED) is 0.621. The van der Waals surface area contributed by atoms with Gasteiger partial charge in [0.05, 0.1) is 23.2 Å². The lowest BCUT2D eigenvalue weighted by Gasteiger charge is -2.08. The highest BCUT2D eigenvalue weighted by molar-refractivity contribution is 7.99. The van der Waals surface area contributed by atoms with Crippen LogP contribution in [0.15, 0.2) is 23.2 Å². The zero-order chi connectivity index (χ0) is 16.3. The Balaban J connectivity index is 1.29. The number of halogens is 2. The summed E-state index contributed by atoms with van der Waals surface area (Å²) in [7, 11) is 0. The van der Waals surface area contributed by atoms with E-state index in [4.69, 9.17) is 0 Å². The molecule has 0 radical (unpaired) electrons. The van der Waals surface area contributed by atoms with Crippen molar-refractivity contribution in [2.24, 2.45) is 11.8 Å². The van der Waals surface area contributed by atoms with Crippen molar-refractivity contribution >= 4 is 23.5 Å². The van der Waals surface area contributed by atoms with Crippen LogP contribution >= 0.6 is 23.5 Å². The minimum atomic E-state index is -0.605. The van der Waals surface area contributed by atoms with E-state index in [0.29, 0.717) is 11.3 Å². The van der Waals surface area contributed by atoms with Crippen molar-refractivity contribution in [3.05, 3.63) is 41.1 Å². The fourth-order valence-electron chi connectivity index (χ4n) is 4.40. The monoisotopic (exact) mass is 361 g/mol. The summed E-state index contributed by atoms with van der Waals surface area (Å²) in [5, 5.41) is 0.982. The maximum Gasteiger partial charge on any atom is 0.135 e. The molecular formula is C17H13F2N3S2. The van der Waals surface area contributed by atoms with Gasteiger partial charge in [0.1, 0.15) is 16.7 Å². The molecule has 4 aliphatic rings. The smallest absolute Gasteiger partial charge is 0.135 e. The van der Waals surface area contributed by atoms with Crippen LogP contribution in [0.2, 0.25) is 0 Å². The Hall–Kier alpha value is -1.49. The van der Waals surface area contributed by atoms with Crippen molar-refractivity contribution in [1.29, 1.82) is 0 Å². The second-order valence-electron chi connectivity index (χ2n) is 6.61. The number of piperidine rings is 3. The summed E-state index contributed by atoms with van der Waals surface area (Å²) in [5.74, 6) is 6.63. The first-order valence-electron chi connectivity index (χ1n) is 7.80. The number of thioether (sulfide) groups is 1. The molecule has 24 heavy (non-hydrogen) atoms. The molecular weight excluding hydrogens is 348 g/mol. The summed E-state index contributed by atoms with van der Waals surface area (Å²) in [5.41, 5.74) is 1.77. The highest BCUT2D eigenvalue weighted by atomic mass is 32.2. The fraction of sp³-hybridized carbons (Fsp3) is 0.412. The van der Waals surface area contributed by atoms with Crippen molar-refractivity contribution in [3.8, 4) is 11.8 Å². The van der Waals surface area contributed by atoms with Crippen LogP contribution in [0, 0.1) is 35.3 Å². The maximum absolute atomic E-state index is 13.1. The zero-order valence-electron chi connectivity index (χ0n) is 12.6. The van der Waals surface area contributed by atoms with Gasteiger partial charge in [0.25, 0.3) is 0 Å². The SMILES string of the molecule is Fc1cc(F)cc(C#CCSc2nsnc2C23CN4C[C@@H]2[C@@H]3C4)c1. The van der Waals surface area contributed by atoms with E-state index in [1.54, 1.807) is 11.8 Å². The van der Waals surface area contributed by atoms with Crippen LogP contribution in [-0.2, 0) is 5.41 Å². The Morgan fingerprint density at radius 1 is 1.21 bits per heavy atom. The average molecular weight is 361 g/mol. The summed E-state index contributed by atoms with van der Waals surface area (Å²) in [6, 6.07) is 3.33. The van der Waals surface area contributed by atoms with Crippen LogP contribution in [0.1, 0.15) is 11.3 Å². The third-order valence-electron chi connectivity index (χ3n) is 5.37. The first kappa shape index (κ1) is 14.8. The van der Waals surface area contributed by atoms with Gasteiger partial charge in [-0.2, -0.15) is 8.75 Å². The lowest BCUT2D eigenvalue weighted by molar-refractivity contribution is 0.405. The van der Waals surface area contributed by atoms with E-state index >= 15 is 0 Å². The highest BCUT2D eigenvalue weighted by Crippen LogP contribution is 2.69. The third-order valence-corrected chi connectivity index (χ3v) is 6.86. The van der Waals surface area contributed by atoms with E-state index in [1.165, 1.54) is 37.0 Å². The van der Waals surface area contributed by atoms with Gasteiger partial charge in [-0.3, -0.25) is 0 Å². The summed E-state index contributed by atoms with van der Waals surface area (Å²) in [6.45, 7) is 3.53. The topological polar surface area (TPSA) is 29.0 Å². The molecule has 122 valence electrons. The summed E-state index contributed by atoms with van der Waals surface area (Å²) >= 11 is 2.84. The zero-order valence-corrected chi connectivity index (χ0v) is 14.3. The molecule has 4 fully saturated rings. The standard InChI is InChI=1S/C17H13F2N3S2/c18-11-4-10(5-12(19)6-11)2-1-3-23-16-15(20-24-21-16)17-9-22-7-13(17)14(17)8-22/h4-6,13-14H,3,7-9H2/t13-,14+,17?. The van der Waals surface area contributed by atoms with Gasteiger partial charge < -0.3 is 4.90 Å². The molecule has 1 aromatic carbocycles. The van der Waals surface area contributed by atoms with E-state index in [9.17, 15) is 8.78 Å². The van der Waals surface area contributed by atoms with E-state index in [1.807, 2.05) is 0 Å². The number of rotatable bonds is 3. The molecule has 4 heterocycles. The van der Waals surface area contributed by atoms with Gasteiger partial charge in [-0.1, -0.05) is 23.6 Å². The summed E-state index contributed by atoms with van der Waals surface area (Å²) in [6.07, 6.45) is 0. The van der Waals surface area contributed by atoms with Crippen molar-refractivity contribution in [3.63, 3.8) is 0 Å². The van der Waals surface area contributed by atoms with Gasteiger partial charge in [0, 0.05) is 36.7 Å². The molecule has 3 saturated heterocycles. The van der Waals surface area contributed by atoms with Crippen LogP contribution in [0.25, 0.3) is 0 Å². The van der Waals surface area contributed by atoms with Crippen molar-refractivity contribution in [2.75, 3.05) is 25.4 Å². The molecule has 0 amide bonds. The fourth-order valence-corrected chi connectivity index (χ4v) is 5.96. The van der Waals surface area contributed by atoms with Crippen molar-refractivity contribution in [2.45, 2.75) is 10.4 Å². The van der Waals surface area contributed by atoms with Crippen LogP contribution in [0.3, 0.4) is 0 Å². The number of nitrogens with zero attached hydrogens (tertiary/aromatic N) is 3. The summed E-state index contributed by atoms with van der Waals surface area (Å²) < 4.78 is 35.3. The molecule has 4 bridgehead atoms. The predicted octanol–water partition coefficient (Wildman–Crippen LogP) is 2.77. The van der Waals surface area contributed by atoms with Crippen LogP contribution in [-0.4, -0.2) is 39.0 Å². The Morgan fingerprint density at radius 3 is 2.62 bits per heavy atom. The Labute approximate surface area is 146 Å². The Kier molecular flexibility index (Phi) is 3.24. The second-order valence-corrected chi connectivity index (χ2v) is 8.11. The van der Waals surface area contributed by atoms with E-state index in [2.05, 4.69) is 25.5 Å². The van der Waals surface area contributed by atoms with Gasteiger partial charge in [0.15, 0.2) is 0 Å². The minimum Gasteiger partial charge on any atom is -0.302 e. The van der Waals surface area contributed by atoms with Gasteiger partial charge >= 0.3 is 0 Å². The average Bonchev–Trinajstić information content (AvgIpc) is 3.12. The van der Waals surface area contributed by atoms with Gasteiger partial charge in [-0.15, -0.1) is 0 Å². The molecule has 3 nitrogen and oxygen atoms in total. The maximum atomic E-state index is 13.1. The van der Waals surface area contributed by atoms with Crippen LogP contribution in [0.4, 0.5) is 8.78 Å². The lowest BCUT2D eigenvalue weighted by Crippen LogP contribution is -2.16. The first-order chi connectivity index (χ1) is 11.7. The molecule has 3 aliphatic heterocycles. The van der Waals surface area contributed by atoms with E-state index in [-0.39, 0.29) is 5.41 Å². The third kappa shape index (κ3) is 2.13. The van der Waals surface area contributed by atoms with Crippen molar-refractivity contribution in [1.82, 2.24) is 13.6 Å². The number of hydrogen-bond acceptors (Lipinski definition) is 5. The predicted molar refractivity (Wildman–Crippen MR) is 89.0 cm³/mol. The molecule has 2 unspecified atom stereocenters. The van der Waals surface area contributed by atoms with Gasteiger partial charge in [0.2, 0.25) is 0 Å². The van der Waals surface area contributed by atoms with E-state index < -0.39 is 11.6 Å². The first-order valence-corrected chi connectivity index (χ1v) is 9.51. The van der Waals surface area contributed by atoms with E-state index in [0.717, 1.165) is 35.2 Å². The Bertz CT molecular complexity index is 853. The molecule has 2 aromatic rings. The number of aromatic nitrogens is 2. The molecule has 1 aliphatic carbocycles. The molecule has 4 atom stereocenters. The number of benzene rings is 1. The van der Waals surface area contributed by atoms with Crippen molar-refractivity contribution < 1.29 is 8.78 Å². The normalized spacial score (nSPS) is 31.8. The molecule has 1 saturated carbocycles. The molecule has 7 heteroatoms. The molecule has 0 spiro atoms. The minimum absolute atomic E-state index is 0.258.